The van der Waals surface area contributed by atoms with Gasteiger partial charge in [-0.1, -0.05) is 29.8 Å². The van der Waals surface area contributed by atoms with E-state index in [1.807, 2.05) is 25.1 Å². The van der Waals surface area contributed by atoms with Gasteiger partial charge in [-0.05, 0) is 12.5 Å². The van der Waals surface area contributed by atoms with E-state index < -0.39 is 5.97 Å². The van der Waals surface area contributed by atoms with E-state index >= 15 is 0 Å². The van der Waals surface area contributed by atoms with Crippen molar-refractivity contribution < 1.29 is 9.90 Å². The summed E-state index contributed by atoms with van der Waals surface area (Å²) in [5.74, 6) is -0.876. The third-order valence-electron chi connectivity index (χ3n) is 2.43. The van der Waals surface area contributed by atoms with E-state index in [1.54, 1.807) is 0 Å². The molecule has 0 spiro atoms. The minimum absolute atomic E-state index is 0.0533. The highest BCUT2D eigenvalue weighted by Crippen LogP contribution is 2.28. The van der Waals surface area contributed by atoms with Crippen LogP contribution in [0.15, 0.2) is 18.2 Å². The number of benzene rings is 1. The SMILES string of the molecule is Cc1cccc2c(CC(=O)O)c(Cl)[nH]c12. The topological polar surface area (TPSA) is 53.1 Å². The molecule has 0 atom stereocenters. The lowest BCUT2D eigenvalue weighted by Crippen LogP contribution is -1.99. The highest BCUT2D eigenvalue weighted by atomic mass is 35.5. The average molecular weight is 224 g/mol. The highest BCUT2D eigenvalue weighted by molar-refractivity contribution is 6.32. The Hall–Kier alpha value is -1.48. The number of fused-ring (bicyclic) bond motifs is 1. The molecule has 0 unspecified atom stereocenters. The fraction of sp³-hybridized carbons (Fsp3) is 0.182. The lowest BCUT2D eigenvalue weighted by molar-refractivity contribution is -0.136. The molecule has 0 saturated carbocycles. The molecule has 0 radical (unpaired) electrons. The summed E-state index contributed by atoms with van der Waals surface area (Å²) in [6.45, 7) is 1.96. The van der Waals surface area contributed by atoms with Gasteiger partial charge in [0.25, 0.3) is 0 Å². The van der Waals surface area contributed by atoms with Gasteiger partial charge in [0.15, 0.2) is 0 Å². The Labute approximate surface area is 91.7 Å². The second-order valence-corrected chi connectivity index (χ2v) is 3.86. The van der Waals surface area contributed by atoms with E-state index in [9.17, 15) is 4.79 Å². The summed E-state index contributed by atoms with van der Waals surface area (Å²) in [5, 5.41) is 10.1. The number of hydrogen-bond donors (Lipinski definition) is 2. The van der Waals surface area contributed by atoms with Gasteiger partial charge in [-0.25, -0.2) is 0 Å². The Kier molecular flexibility index (Phi) is 2.40. The Morgan fingerprint density at radius 1 is 1.53 bits per heavy atom. The van der Waals surface area contributed by atoms with Crippen molar-refractivity contribution in [3.63, 3.8) is 0 Å². The fourth-order valence-corrected chi connectivity index (χ4v) is 1.98. The number of aryl methyl sites for hydroxylation is 1. The van der Waals surface area contributed by atoms with Crippen LogP contribution in [-0.2, 0) is 11.2 Å². The molecule has 2 aromatic rings. The van der Waals surface area contributed by atoms with E-state index in [2.05, 4.69) is 4.98 Å². The number of aromatic amines is 1. The maximum absolute atomic E-state index is 10.7. The zero-order valence-electron chi connectivity index (χ0n) is 8.17. The van der Waals surface area contributed by atoms with Crippen molar-refractivity contribution in [1.82, 2.24) is 4.98 Å². The lowest BCUT2D eigenvalue weighted by atomic mass is 10.1. The van der Waals surface area contributed by atoms with Crippen LogP contribution in [0.25, 0.3) is 10.9 Å². The molecule has 1 heterocycles. The summed E-state index contributed by atoms with van der Waals surface area (Å²) in [4.78, 5) is 13.7. The number of aromatic nitrogens is 1. The second-order valence-electron chi connectivity index (χ2n) is 3.49. The Morgan fingerprint density at radius 3 is 2.93 bits per heavy atom. The Balaban J connectivity index is 2.68. The van der Waals surface area contributed by atoms with Crippen LogP contribution in [0.2, 0.25) is 5.15 Å². The van der Waals surface area contributed by atoms with Gasteiger partial charge >= 0.3 is 5.97 Å². The molecule has 3 nitrogen and oxygen atoms in total. The van der Waals surface area contributed by atoms with Crippen LogP contribution in [0.4, 0.5) is 0 Å². The van der Waals surface area contributed by atoms with E-state index in [0.29, 0.717) is 10.7 Å². The van der Waals surface area contributed by atoms with Crippen LogP contribution in [0.5, 0.6) is 0 Å². The molecule has 0 amide bonds. The predicted molar refractivity (Wildman–Crippen MR) is 59.4 cm³/mol. The highest BCUT2D eigenvalue weighted by Gasteiger charge is 2.13. The molecule has 78 valence electrons. The standard InChI is InChI=1S/C11H10ClNO2/c1-6-3-2-4-7-8(5-9(14)15)11(12)13-10(6)7/h2-4,13H,5H2,1H3,(H,14,15). The quantitative estimate of drug-likeness (QED) is 0.823. The van der Waals surface area contributed by atoms with Crippen LogP contribution in [-0.4, -0.2) is 16.1 Å². The summed E-state index contributed by atoms with van der Waals surface area (Å²) in [6.07, 6.45) is -0.0533. The zero-order valence-corrected chi connectivity index (χ0v) is 8.93. The average Bonchev–Trinajstić information content (AvgIpc) is 2.45. The van der Waals surface area contributed by atoms with Crippen molar-refractivity contribution in [2.75, 3.05) is 0 Å². The van der Waals surface area contributed by atoms with Gasteiger partial charge in [-0.2, -0.15) is 0 Å². The van der Waals surface area contributed by atoms with E-state index in [-0.39, 0.29) is 6.42 Å². The monoisotopic (exact) mass is 223 g/mol. The van der Waals surface area contributed by atoms with Gasteiger partial charge in [0.2, 0.25) is 0 Å². The molecule has 4 heteroatoms. The van der Waals surface area contributed by atoms with Crippen molar-refractivity contribution in [1.29, 1.82) is 0 Å². The van der Waals surface area contributed by atoms with Gasteiger partial charge < -0.3 is 10.1 Å². The molecular formula is C11H10ClNO2. The number of carboxylic acid groups (broad SMARTS) is 1. The fourth-order valence-electron chi connectivity index (χ4n) is 1.71. The first kappa shape index (κ1) is 10.1. The minimum atomic E-state index is -0.876. The van der Waals surface area contributed by atoms with Crippen molar-refractivity contribution in [2.45, 2.75) is 13.3 Å². The van der Waals surface area contributed by atoms with Crippen molar-refractivity contribution in [2.24, 2.45) is 0 Å². The Morgan fingerprint density at radius 2 is 2.27 bits per heavy atom. The molecular weight excluding hydrogens is 214 g/mol. The van der Waals surface area contributed by atoms with Crippen LogP contribution < -0.4 is 0 Å². The zero-order chi connectivity index (χ0) is 11.0. The normalized spacial score (nSPS) is 10.8. The number of aliphatic carboxylic acids is 1. The summed E-state index contributed by atoms with van der Waals surface area (Å²) in [5.41, 5.74) is 2.63. The van der Waals surface area contributed by atoms with E-state index in [4.69, 9.17) is 16.7 Å². The number of carbonyl (C=O) groups is 1. The van der Waals surface area contributed by atoms with Crippen LogP contribution in [0, 0.1) is 6.92 Å². The third kappa shape index (κ3) is 1.70. The summed E-state index contributed by atoms with van der Waals surface area (Å²) >= 11 is 5.96. The second kappa shape index (κ2) is 3.59. The summed E-state index contributed by atoms with van der Waals surface area (Å²) < 4.78 is 0. The van der Waals surface area contributed by atoms with Gasteiger partial charge in [-0.15, -0.1) is 0 Å². The molecule has 1 aromatic carbocycles. The van der Waals surface area contributed by atoms with Crippen molar-refractivity contribution in [3.8, 4) is 0 Å². The number of carboxylic acids is 1. The van der Waals surface area contributed by atoms with Crippen LogP contribution in [0.1, 0.15) is 11.1 Å². The number of H-pyrrole nitrogens is 1. The first-order valence-electron chi connectivity index (χ1n) is 4.57. The van der Waals surface area contributed by atoms with Crippen molar-refractivity contribution >= 4 is 28.5 Å². The van der Waals surface area contributed by atoms with Gasteiger partial charge in [0.05, 0.1) is 6.42 Å². The molecule has 1 aromatic heterocycles. The molecule has 0 bridgehead atoms. The largest absolute Gasteiger partial charge is 0.481 e. The maximum Gasteiger partial charge on any atom is 0.307 e. The predicted octanol–water partition coefficient (Wildman–Crippen LogP) is 2.76. The molecule has 0 aliphatic rings. The number of hydrogen-bond acceptors (Lipinski definition) is 1. The number of rotatable bonds is 2. The number of para-hydroxylation sites is 1. The van der Waals surface area contributed by atoms with Crippen LogP contribution in [0.3, 0.4) is 0 Å². The van der Waals surface area contributed by atoms with E-state index in [1.165, 1.54) is 0 Å². The first-order chi connectivity index (χ1) is 7.09. The molecule has 0 fully saturated rings. The maximum atomic E-state index is 10.7. The molecule has 0 aliphatic carbocycles. The number of nitrogens with one attached hydrogen (secondary N) is 1. The molecule has 0 aliphatic heterocycles. The van der Waals surface area contributed by atoms with E-state index in [0.717, 1.165) is 16.5 Å². The third-order valence-corrected chi connectivity index (χ3v) is 2.75. The summed E-state index contributed by atoms with van der Waals surface area (Å²) in [7, 11) is 0. The molecule has 15 heavy (non-hydrogen) atoms. The smallest absolute Gasteiger partial charge is 0.307 e. The number of halogens is 1. The van der Waals surface area contributed by atoms with Gasteiger partial charge in [-0.3, -0.25) is 4.79 Å². The van der Waals surface area contributed by atoms with Gasteiger partial charge in [0.1, 0.15) is 5.15 Å². The molecule has 2 rings (SSSR count). The lowest BCUT2D eigenvalue weighted by Gasteiger charge is -1.96. The van der Waals surface area contributed by atoms with Crippen LogP contribution >= 0.6 is 11.6 Å². The first-order valence-corrected chi connectivity index (χ1v) is 4.95. The minimum Gasteiger partial charge on any atom is -0.481 e. The molecule has 0 saturated heterocycles. The Bertz CT molecular complexity index is 531. The summed E-state index contributed by atoms with van der Waals surface area (Å²) in [6, 6.07) is 5.73. The van der Waals surface area contributed by atoms with Gasteiger partial charge in [0, 0.05) is 16.5 Å². The van der Waals surface area contributed by atoms with Crippen molar-refractivity contribution in [3.05, 3.63) is 34.5 Å². The molecule has 2 N–H and O–H groups in total.